The molecule has 0 heterocycles. The van der Waals surface area contributed by atoms with Crippen molar-refractivity contribution in [3.8, 4) is 0 Å². The molecule has 2 aromatic carbocycles. The minimum Gasteiger partial charge on any atom is -0.389 e. The van der Waals surface area contributed by atoms with Gasteiger partial charge in [0.15, 0.2) is 0 Å². The van der Waals surface area contributed by atoms with Crippen LogP contribution in [0, 0.1) is 0 Å². The zero-order chi connectivity index (χ0) is 15.2. The van der Waals surface area contributed by atoms with E-state index in [0.717, 1.165) is 11.3 Å². The molecule has 0 spiro atoms. The summed E-state index contributed by atoms with van der Waals surface area (Å²) < 4.78 is 0. The molecule has 2 rings (SSSR count). The highest BCUT2D eigenvalue weighted by Crippen LogP contribution is 2.29. The van der Waals surface area contributed by atoms with E-state index in [1.807, 2.05) is 68.7 Å². The van der Waals surface area contributed by atoms with E-state index in [1.165, 1.54) is 0 Å². The smallest absolute Gasteiger partial charge is 0.0909 e. The largest absolute Gasteiger partial charge is 0.389 e. The molecule has 0 bridgehead atoms. The number of benzene rings is 2. The van der Waals surface area contributed by atoms with Gasteiger partial charge in [0.2, 0.25) is 0 Å². The molecule has 2 aromatic rings. The zero-order valence-corrected chi connectivity index (χ0v) is 13.1. The van der Waals surface area contributed by atoms with Gasteiger partial charge in [-0.15, -0.1) is 0 Å². The van der Waals surface area contributed by atoms with Crippen LogP contribution >= 0.6 is 11.6 Å². The van der Waals surface area contributed by atoms with Crippen LogP contribution in [-0.2, 0) is 0 Å². The van der Waals surface area contributed by atoms with Gasteiger partial charge in [0, 0.05) is 24.3 Å². The topological polar surface area (TPSA) is 35.5 Å². The highest BCUT2D eigenvalue weighted by Gasteiger charge is 2.25. The van der Waals surface area contributed by atoms with Gasteiger partial charge in [-0.25, -0.2) is 0 Å². The molecule has 2 atom stereocenters. The first-order valence-corrected chi connectivity index (χ1v) is 7.37. The first-order chi connectivity index (χ1) is 10.1. The number of rotatable bonds is 6. The minimum absolute atomic E-state index is 0.125. The Balaban J connectivity index is 2.32. The molecule has 0 fully saturated rings. The summed E-state index contributed by atoms with van der Waals surface area (Å²) in [5, 5.41) is 14.3. The fraction of sp³-hybridized carbons (Fsp3) is 0.294. The predicted molar refractivity (Wildman–Crippen MR) is 89.0 cm³/mol. The van der Waals surface area contributed by atoms with E-state index in [-0.39, 0.29) is 6.04 Å². The highest BCUT2D eigenvalue weighted by atomic mass is 35.5. The molecule has 0 amide bonds. The predicted octanol–water partition coefficient (Wildman–Crippen LogP) is 3.10. The van der Waals surface area contributed by atoms with E-state index in [2.05, 4.69) is 10.2 Å². The van der Waals surface area contributed by atoms with E-state index in [1.54, 1.807) is 0 Å². The summed E-state index contributed by atoms with van der Waals surface area (Å²) in [4.78, 5) is 2.08. The van der Waals surface area contributed by atoms with Gasteiger partial charge in [0.1, 0.15) is 0 Å². The van der Waals surface area contributed by atoms with Crippen LogP contribution in [0.3, 0.4) is 0 Å². The molecule has 0 saturated heterocycles. The highest BCUT2D eigenvalue weighted by molar-refractivity contribution is 6.30. The monoisotopic (exact) mass is 304 g/mol. The lowest BCUT2D eigenvalue weighted by Gasteiger charge is -2.34. The third kappa shape index (κ3) is 3.97. The van der Waals surface area contributed by atoms with E-state index < -0.39 is 6.10 Å². The summed E-state index contributed by atoms with van der Waals surface area (Å²) in [5.41, 5.74) is 2.10. The number of nitrogens with zero attached hydrogens (tertiary/aromatic N) is 1. The SMILES string of the molecule is CNC[C@@H](O)[C@H](c1ccccc1)N(C)c1ccc(Cl)cc1. The fourth-order valence-corrected chi connectivity index (χ4v) is 2.64. The second-order valence-electron chi connectivity index (χ2n) is 5.07. The van der Waals surface area contributed by atoms with Crippen molar-refractivity contribution < 1.29 is 5.11 Å². The van der Waals surface area contributed by atoms with Gasteiger partial charge in [-0.3, -0.25) is 0 Å². The third-order valence-corrected chi connectivity index (χ3v) is 3.82. The molecule has 0 aliphatic rings. The molecular formula is C17H21ClN2O. The van der Waals surface area contributed by atoms with Crippen molar-refractivity contribution in [3.05, 3.63) is 65.2 Å². The zero-order valence-electron chi connectivity index (χ0n) is 12.3. The van der Waals surface area contributed by atoms with Crippen LogP contribution in [0.4, 0.5) is 5.69 Å². The minimum atomic E-state index is -0.516. The number of aliphatic hydroxyl groups excluding tert-OH is 1. The maximum absolute atomic E-state index is 10.5. The molecule has 2 N–H and O–H groups in total. The van der Waals surface area contributed by atoms with Crippen molar-refractivity contribution in [2.75, 3.05) is 25.5 Å². The Morgan fingerprint density at radius 2 is 1.71 bits per heavy atom. The molecule has 0 aliphatic heterocycles. The molecule has 21 heavy (non-hydrogen) atoms. The summed E-state index contributed by atoms with van der Waals surface area (Å²) in [6, 6.07) is 17.6. The molecule has 4 heteroatoms. The lowest BCUT2D eigenvalue weighted by Crippen LogP contribution is -2.39. The Bertz CT molecular complexity index is 544. The van der Waals surface area contributed by atoms with Gasteiger partial charge in [0.05, 0.1) is 12.1 Å². The standard InChI is InChI=1S/C17H21ClN2O/c1-19-12-16(21)17(13-6-4-3-5-7-13)20(2)15-10-8-14(18)9-11-15/h3-11,16-17,19,21H,12H2,1-2H3/t16-,17+/m1/s1. The lowest BCUT2D eigenvalue weighted by molar-refractivity contribution is 0.142. The number of likely N-dealkylation sites (N-methyl/N-ethyl adjacent to an activating group) is 2. The Kier molecular flexibility index (Phi) is 5.62. The molecular weight excluding hydrogens is 284 g/mol. The van der Waals surface area contributed by atoms with Gasteiger partial charge < -0.3 is 15.3 Å². The van der Waals surface area contributed by atoms with E-state index >= 15 is 0 Å². The van der Waals surface area contributed by atoms with E-state index in [4.69, 9.17) is 11.6 Å². The van der Waals surface area contributed by atoms with Gasteiger partial charge in [-0.05, 0) is 36.9 Å². The Labute approximate surface area is 131 Å². The van der Waals surface area contributed by atoms with Crippen LogP contribution in [0.1, 0.15) is 11.6 Å². The summed E-state index contributed by atoms with van der Waals surface area (Å²) in [5.74, 6) is 0. The van der Waals surface area contributed by atoms with Gasteiger partial charge in [-0.2, -0.15) is 0 Å². The summed E-state index contributed by atoms with van der Waals surface area (Å²) in [6.07, 6.45) is -0.516. The number of hydrogen-bond donors (Lipinski definition) is 2. The van der Waals surface area contributed by atoms with E-state index in [0.29, 0.717) is 11.6 Å². The molecule has 0 saturated carbocycles. The first-order valence-electron chi connectivity index (χ1n) is 6.99. The quantitative estimate of drug-likeness (QED) is 0.861. The number of aliphatic hydroxyl groups is 1. The van der Waals surface area contributed by atoms with Crippen molar-refractivity contribution in [1.82, 2.24) is 5.32 Å². The van der Waals surface area contributed by atoms with Crippen molar-refractivity contribution in [2.24, 2.45) is 0 Å². The number of nitrogens with one attached hydrogen (secondary N) is 1. The average molecular weight is 305 g/mol. The van der Waals surface area contributed by atoms with Gasteiger partial charge in [-0.1, -0.05) is 41.9 Å². The van der Waals surface area contributed by atoms with Gasteiger partial charge >= 0.3 is 0 Å². The number of halogens is 1. The second kappa shape index (κ2) is 7.46. The van der Waals surface area contributed by atoms with Crippen molar-refractivity contribution in [2.45, 2.75) is 12.1 Å². The molecule has 0 aromatic heterocycles. The molecule has 112 valence electrons. The summed E-state index contributed by atoms with van der Waals surface area (Å²) in [7, 11) is 3.83. The molecule has 0 radical (unpaired) electrons. The van der Waals surface area contributed by atoms with Gasteiger partial charge in [0.25, 0.3) is 0 Å². The summed E-state index contributed by atoms with van der Waals surface area (Å²) >= 11 is 5.95. The van der Waals surface area contributed by atoms with Crippen LogP contribution in [0.25, 0.3) is 0 Å². The van der Waals surface area contributed by atoms with Crippen LogP contribution in [0.15, 0.2) is 54.6 Å². The molecule has 0 aliphatic carbocycles. The van der Waals surface area contributed by atoms with Crippen LogP contribution in [-0.4, -0.2) is 31.9 Å². The van der Waals surface area contributed by atoms with Crippen LogP contribution in [0.5, 0.6) is 0 Å². The fourth-order valence-electron chi connectivity index (χ4n) is 2.51. The molecule has 3 nitrogen and oxygen atoms in total. The Morgan fingerprint density at radius 1 is 1.10 bits per heavy atom. The van der Waals surface area contributed by atoms with Crippen molar-refractivity contribution in [3.63, 3.8) is 0 Å². The molecule has 0 unspecified atom stereocenters. The Hall–Kier alpha value is -1.55. The second-order valence-corrected chi connectivity index (χ2v) is 5.50. The number of anilines is 1. The first kappa shape index (κ1) is 15.8. The lowest BCUT2D eigenvalue weighted by atomic mass is 9.99. The van der Waals surface area contributed by atoms with Crippen LogP contribution in [0.2, 0.25) is 5.02 Å². The van der Waals surface area contributed by atoms with Crippen LogP contribution < -0.4 is 10.2 Å². The maximum Gasteiger partial charge on any atom is 0.0909 e. The average Bonchev–Trinajstić information content (AvgIpc) is 2.49. The van der Waals surface area contributed by atoms with Crippen molar-refractivity contribution in [1.29, 1.82) is 0 Å². The number of hydrogen-bond acceptors (Lipinski definition) is 3. The Morgan fingerprint density at radius 3 is 2.29 bits per heavy atom. The summed E-state index contributed by atoms with van der Waals surface area (Å²) in [6.45, 7) is 0.525. The van der Waals surface area contributed by atoms with Crippen molar-refractivity contribution >= 4 is 17.3 Å². The normalized spacial score (nSPS) is 13.7. The maximum atomic E-state index is 10.5. The third-order valence-electron chi connectivity index (χ3n) is 3.57. The van der Waals surface area contributed by atoms with E-state index in [9.17, 15) is 5.11 Å².